The summed E-state index contributed by atoms with van der Waals surface area (Å²) in [6, 6.07) is 35.3. The van der Waals surface area contributed by atoms with Crippen molar-refractivity contribution in [2.75, 3.05) is 6.61 Å². The summed E-state index contributed by atoms with van der Waals surface area (Å²) in [5.74, 6) is 0.883. The SMILES string of the molecule is C[C@H](CCCc1ccccc1)CC[C@H](O)[C@]12[C@@H](O)CC[C@@](C)([C@@H]3CC[C@@]45C[C@@]6(CCC7(CCCC7)C6)[C@H]6C[C@@]7(c8ccccc8)CCCC[C@@H]7c7ccc8cccc(c8c7[C@@H]64)[C@@H]5C3)[C@@H]1[C@H](OC(=O)C1CCCCC1)C[C@@H](C)[C@]2(O)CCC1=CC(=O)OC1. The first-order valence-electron chi connectivity index (χ1n) is 36.0. The summed E-state index contributed by atoms with van der Waals surface area (Å²) in [7, 11) is 0. The minimum absolute atomic E-state index is 0.0923. The Morgan fingerprint density at radius 1 is 0.736 bits per heavy atom. The Labute approximate surface area is 521 Å². The van der Waals surface area contributed by atoms with Gasteiger partial charge in [0.05, 0.1) is 29.1 Å². The van der Waals surface area contributed by atoms with Gasteiger partial charge in [-0.25, -0.2) is 4.79 Å². The largest absolute Gasteiger partial charge is 0.462 e. The fraction of sp³-hybridized carbons (Fsp3) is 0.675. The van der Waals surface area contributed by atoms with Gasteiger partial charge in [0, 0.05) is 17.4 Å². The summed E-state index contributed by atoms with van der Waals surface area (Å²) in [6.45, 7) is 7.13. The number of carbonyl (C=O) groups is 2. The van der Waals surface area contributed by atoms with Crippen molar-refractivity contribution in [3.8, 4) is 0 Å². The quantitative estimate of drug-likeness (QED) is 0.102. The van der Waals surface area contributed by atoms with Crippen LogP contribution in [-0.2, 0) is 30.9 Å². The van der Waals surface area contributed by atoms with Crippen LogP contribution in [0.25, 0.3) is 10.8 Å². The van der Waals surface area contributed by atoms with Gasteiger partial charge in [-0.3, -0.25) is 4.79 Å². The monoisotopic (exact) mass is 1180 g/mol. The molecule has 7 heteroatoms. The van der Waals surface area contributed by atoms with Gasteiger partial charge in [0.15, 0.2) is 0 Å². The molecule has 0 unspecified atom stereocenters. The number of hydrogen-bond acceptors (Lipinski definition) is 7. The van der Waals surface area contributed by atoms with Crippen molar-refractivity contribution >= 4 is 22.7 Å². The van der Waals surface area contributed by atoms with Gasteiger partial charge in [-0.2, -0.15) is 0 Å². The summed E-state index contributed by atoms with van der Waals surface area (Å²) in [5, 5.41) is 45.1. The second kappa shape index (κ2) is 22.5. The molecule has 0 radical (unpaired) electrons. The van der Waals surface area contributed by atoms with Crippen LogP contribution in [0, 0.1) is 62.6 Å². The van der Waals surface area contributed by atoms with Gasteiger partial charge in [0.1, 0.15) is 12.7 Å². The highest BCUT2D eigenvalue weighted by Gasteiger charge is 2.77. The smallest absolute Gasteiger partial charge is 0.331 e. The van der Waals surface area contributed by atoms with E-state index in [0.717, 1.165) is 89.0 Å². The van der Waals surface area contributed by atoms with E-state index < -0.39 is 46.6 Å². The average molecular weight is 1180 g/mol. The summed E-state index contributed by atoms with van der Waals surface area (Å²) >= 11 is 0. The number of aliphatic hydroxyl groups excluding tert-OH is 2. The molecular formula is C80H104O7. The maximum absolute atomic E-state index is 15.1. The number of hydrogen-bond donors (Lipinski definition) is 3. The van der Waals surface area contributed by atoms with Crippen molar-refractivity contribution in [2.24, 2.45) is 62.6 Å². The maximum atomic E-state index is 15.1. The first-order valence-corrected chi connectivity index (χ1v) is 36.0. The Morgan fingerprint density at radius 2 is 1.51 bits per heavy atom. The summed E-state index contributed by atoms with van der Waals surface area (Å²) in [6.07, 6.45) is 31.2. The molecule has 3 N–H and O–H groups in total. The lowest BCUT2D eigenvalue weighted by molar-refractivity contribution is -0.328. The van der Waals surface area contributed by atoms with E-state index in [4.69, 9.17) is 9.47 Å². The zero-order chi connectivity index (χ0) is 59.6. The van der Waals surface area contributed by atoms with Gasteiger partial charge in [0.25, 0.3) is 0 Å². The Balaban J connectivity index is 0.861. The fourth-order valence-corrected chi connectivity index (χ4v) is 25.1. The molecule has 87 heavy (non-hydrogen) atoms. The average Bonchev–Trinajstić information content (AvgIpc) is 1.62. The van der Waals surface area contributed by atoms with Gasteiger partial charge in [-0.05, 0) is 255 Å². The van der Waals surface area contributed by atoms with Crippen molar-refractivity contribution in [1.82, 2.24) is 0 Å². The molecule has 466 valence electrons. The number of fused-ring (bicyclic) bond motifs is 5. The van der Waals surface area contributed by atoms with Crippen LogP contribution in [0.4, 0.5) is 0 Å². The summed E-state index contributed by atoms with van der Waals surface area (Å²) < 4.78 is 12.8. The Kier molecular flexibility index (Phi) is 15.3. The second-order valence-electron chi connectivity index (χ2n) is 32.6. The molecular weight excluding hydrogens is 1070 g/mol. The molecule has 0 aromatic heterocycles. The van der Waals surface area contributed by atoms with E-state index in [1.165, 1.54) is 94.4 Å². The number of ether oxygens (including phenoxy) is 2. The van der Waals surface area contributed by atoms with Crippen LogP contribution < -0.4 is 0 Å². The van der Waals surface area contributed by atoms with Gasteiger partial charge < -0.3 is 24.8 Å². The lowest BCUT2D eigenvalue weighted by Gasteiger charge is -2.71. The fourth-order valence-electron chi connectivity index (χ4n) is 25.1. The van der Waals surface area contributed by atoms with E-state index in [1.54, 1.807) is 33.7 Å². The molecule has 4 aromatic carbocycles. The molecule has 17 atom stereocenters. The zero-order valence-corrected chi connectivity index (χ0v) is 53.3. The lowest BCUT2D eigenvalue weighted by atomic mass is 9.36. The number of carbonyl (C=O) groups excluding carboxylic acids is 2. The van der Waals surface area contributed by atoms with Gasteiger partial charge in [-0.15, -0.1) is 0 Å². The number of rotatable bonds is 15. The molecule has 8 saturated carbocycles. The molecule has 8 fully saturated rings. The number of aryl methyl sites for hydroxylation is 1. The predicted octanol–water partition coefficient (Wildman–Crippen LogP) is 17.6. The minimum Gasteiger partial charge on any atom is -0.462 e. The molecule has 11 aliphatic rings. The third kappa shape index (κ3) is 9.26. The van der Waals surface area contributed by atoms with Crippen molar-refractivity contribution < 1.29 is 34.4 Å². The highest BCUT2D eigenvalue weighted by atomic mass is 16.5. The van der Waals surface area contributed by atoms with E-state index in [-0.39, 0.29) is 53.0 Å². The third-order valence-corrected chi connectivity index (χ3v) is 28.8. The number of esters is 2. The molecule has 0 amide bonds. The first-order chi connectivity index (χ1) is 42.2. The van der Waals surface area contributed by atoms with Crippen LogP contribution in [-0.4, -0.2) is 57.8 Å². The molecule has 4 aromatic rings. The van der Waals surface area contributed by atoms with Crippen LogP contribution >= 0.6 is 0 Å². The lowest BCUT2D eigenvalue weighted by Crippen LogP contribution is -2.77. The van der Waals surface area contributed by atoms with E-state index in [0.29, 0.717) is 60.7 Å². The molecule has 15 rings (SSSR count). The topological polar surface area (TPSA) is 113 Å². The minimum atomic E-state index is -1.55. The highest BCUT2D eigenvalue weighted by Crippen LogP contribution is 2.83. The molecule has 0 bridgehead atoms. The van der Waals surface area contributed by atoms with Crippen molar-refractivity contribution in [1.29, 1.82) is 0 Å². The zero-order valence-electron chi connectivity index (χ0n) is 53.3. The molecule has 10 aliphatic carbocycles. The van der Waals surface area contributed by atoms with Gasteiger partial charge in [-0.1, -0.05) is 163 Å². The van der Waals surface area contributed by atoms with Crippen LogP contribution in [0.1, 0.15) is 259 Å². The molecule has 7 nitrogen and oxygen atoms in total. The van der Waals surface area contributed by atoms with E-state index >= 15 is 4.79 Å². The van der Waals surface area contributed by atoms with Crippen molar-refractivity contribution in [2.45, 2.75) is 267 Å². The third-order valence-electron chi connectivity index (χ3n) is 28.8. The normalized spacial score (nSPS) is 39.8. The van der Waals surface area contributed by atoms with E-state index in [1.807, 2.05) is 0 Å². The van der Waals surface area contributed by atoms with Gasteiger partial charge in [0.2, 0.25) is 0 Å². The summed E-state index contributed by atoms with van der Waals surface area (Å²) in [4.78, 5) is 27.8. The molecule has 3 spiro atoms. The van der Waals surface area contributed by atoms with Crippen LogP contribution in [0.3, 0.4) is 0 Å². The predicted molar refractivity (Wildman–Crippen MR) is 345 cm³/mol. The number of cyclic esters (lactones) is 1. The second-order valence-corrected chi connectivity index (χ2v) is 32.6. The van der Waals surface area contributed by atoms with Gasteiger partial charge >= 0.3 is 11.9 Å². The number of aliphatic hydroxyl groups is 3. The molecule has 1 aliphatic heterocycles. The van der Waals surface area contributed by atoms with Crippen LogP contribution in [0.2, 0.25) is 0 Å². The van der Waals surface area contributed by atoms with Crippen molar-refractivity contribution in [3.05, 3.63) is 130 Å². The summed E-state index contributed by atoms with van der Waals surface area (Å²) in [5.41, 5.74) is 6.31. The first kappa shape index (κ1) is 59.0. The number of benzene rings is 4. The maximum Gasteiger partial charge on any atom is 0.331 e. The standard InChI is InChI=1S/C80H104O7/c1-52(19-17-22-54-20-7-4-8-21-54)30-33-66(81)80-67(82)36-40-74(3,72(80)65(87-73(84)57-23-9-5-10-24-57)45-53(2)79(80,85)42-34-55-46-68(83)86-49-55)59-35-41-78-51-76(44-43-75(50-76)37-15-16-38-75)64-48-77(58-26-11-6-12-27-58)39-14-13-29-62(77)61-32-31-56-25-18-28-60(63(78)47-59)69(56)70(61)71(64)78/h4,6-8,11-12,18,20-21,25-28,31-32,46,52-53,57,59,62-67,71-72,81-82,85H,5,9-10,13-17,19,22-24,29-30,33-45,47-51H2,1-3H3/t52-,53-,59-,62-,63+,64+,65-,66+,67+,71-,72+,74+,76+,77-,78+,79-,80+/m1/s1. The molecule has 1 heterocycles. The highest BCUT2D eigenvalue weighted by molar-refractivity contribution is 5.93. The Hall–Kier alpha value is -4.30. The van der Waals surface area contributed by atoms with Crippen LogP contribution in [0.5, 0.6) is 0 Å². The molecule has 0 saturated heterocycles. The van der Waals surface area contributed by atoms with E-state index in [9.17, 15) is 20.1 Å². The van der Waals surface area contributed by atoms with Crippen molar-refractivity contribution in [3.63, 3.8) is 0 Å². The Morgan fingerprint density at radius 3 is 2.29 bits per heavy atom. The van der Waals surface area contributed by atoms with E-state index in [2.05, 4.69) is 112 Å². The van der Waals surface area contributed by atoms with Crippen LogP contribution in [0.15, 0.2) is 103 Å². The Bertz CT molecular complexity index is 3230.